The molecule has 0 spiro atoms. The highest BCUT2D eigenvalue weighted by Gasteiger charge is 2.51. The number of alkyl halides is 3. The Hall–Kier alpha value is -2.99. The van der Waals surface area contributed by atoms with Gasteiger partial charge < -0.3 is 5.11 Å². The number of hydrogen-bond acceptors (Lipinski definition) is 3. The number of aromatic nitrogens is 1. The van der Waals surface area contributed by atoms with Crippen LogP contribution in [0, 0.1) is 0 Å². The topological polar surface area (TPSA) is 45.5 Å². The van der Waals surface area contributed by atoms with E-state index in [1.807, 2.05) is 60.7 Å². The van der Waals surface area contributed by atoms with Crippen molar-refractivity contribution < 1.29 is 18.3 Å². The molecule has 0 bridgehead atoms. The first kappa shape index (κ1) is 18.8. The van der Waals surface area contributed by atoms with Gasteiger partial charge in [-0.3, -0.25) is 0 Å². The van der Waals surface area contributed by atoms with Gasteiger partial charge in [0.15, 0.2) is 11.4 Å². The first-order valence-corrected chi connectivity index (χ1v) is 8.24. The predicted octanol–water partition coefficient (Wildman–Crippen LogP) is 5.02. The van der Waals surface area contributed by atoms with Crippen LogP contribution in [0.25, 0.3) is 0 Å². The lowest BCUT2D eigenvalue weighted by atomic mass is 9.97. The van der Waals surface area contributed by atoms with Crippen molar-refractivity contribution in [2.75, 3.05) is 0 Å². The number of aliphatic imine (C=N–C) groups is 1. The van der Waals surface area contributed by atoms with Crippen LogP contribution in [0.4, 0.5) is 19.0 Å². The summed E-state index contributed by atoms with van der Waals surface area (Å²) >= 11 is 0. The number of halogens is 3. The minimum atomic E-state index is -4.79. The zero-order chi connectivity index (χ0) is 19.5. The van der Waals surface area contributed by atoms with Crippen molar-refractivity contribution >= 4 is 11.5 Å². The first-order chi connectivity index (χ1) is 12.8. The van der Waals surface area contributed by atoms with E-state index in [-0.39, 0.29) is 11.4 Å². The lowest BCUT2D eigenvalue weighted by molar-refractivity contribution is -0.259. The van der Waals surface area contributed by atoms with Gasteiger partial charge in [-0.05, 0) is 13.0 Å². The Morgan fingerprint density at radius 3 is 1.78 bits per heavy atom. The molecule has 27 heavy (non-hydrogen) atoms. The quantitative estimate of drug-likeness (QED) is 0.656. The molecular formula is C21H17F3N2O. The van der Waals surface area contributed by atoms with Gasteiger partial charge >= 0.3 is 6.18 Å². The molecule has 1 atom stereocenters. The van der Waals surface area contributed by atoms with Gasteiger partial charge in [0.25, 0.3) is 0 Å². The maximum absolute atomic E-state index is 13.0. The van der Waals surface area contributed by atoms with Crippen molar-refractivity contribution in [2.45, 2.75) is 18.7 Å². The maximum Gasteiger partial charge on any atom is 0.421 e. The number of benzene rings is 2. The number of nitrogens with zero attached hydrogens (tertiary/aromatic N) is 2. The number of rotatable bonds is 4. The molecule has 3 nitrogen and oxygen atoms in total. The summed E-state index contributed by atoms with van der Waals surface area (Å²) in [6.45, 7) is 0.701. The lowest BCUT2D eigenvalue weighted by Crippen LogP contribution is -2.39. The Balaban J connectivity index is 2.02. The van der Waals surface area contributed by atoms with Gasteiger partial charge in [-0.2, -0.15) is 13.2 Å². The Labute approximate surface area is 154 Å². The zero-order valence-electron chi connectivity index (χ0n) is 14.5. The molecule has 0 fully saturated rings. The molecule has 2 aromatic carbocycles. The third kappa shape index (κ3) is 4.06. The van der Waals surface area contributed by atoms with Crippen LogP contribution in [0.15, 0.2) is 84.0 Å². The van der Waals surface area contributed by atoms with Crippen LogP contribution >= 0.6 is 0 Å². The van der Waals surface area contributed by atoms with E-state index in [1.54, 1.807) is 0 Å². The van der Waals surface area contributed by atoms with Gasteiger partial charge in [0.05, 0.1) is 5.71 Å². The molecule has 3 rings (SSSR count). The number of aliphatic hydroxyl groups is 1. The van der Waals surface area contributed by atoms with E-state index in [0.717, 1.165) is 17.3 Å². The van der Waals surface area contributed by atoms with E-state index in [2.05, 4.69) is 9.98 Å². The van der Waals surface area contributed by atoms with Crippen LogP contribution in [0.1, 0.15) is 23.6 Å². The summed E-state index contributed by atoms with van der Waals surface area (Å²) in [5, 5.41) is 9.75. The molecular weight excluding hydrogens is 353 g/mol. The normalized spacial score (nSPS) is 13.7. The second kappa shape index (κ2) is 7.32. The van der Waals surface area contributed by atoms with Crippen LogP contribution in [-0.2, 0) is 5.60 Å². The van der Waals surface area contributed by atoms with Crippen LogP contribution in [0.5, 0.6) is 0 Å². The minimum Gasteiger partial charge on any atom is -0.376 e. The third-order valence-electron chi connectivity index (χ3n) is 4.18. The smallest absolute Gasteiger partial charge is 0.376 e. The highest BCUT2D eigenvalue weighted by molar-refractivity contribution is 6.13. The summed E-state index contributed by atoms with van der Waals surface area (Å²) in [5.74, 6) is 0.249. The van der Waals surface area contributed by atoms with E-state index in [1.165, 1.54) is 12.1 Å². The van der Waals surface area contributed by atoms with Crippen molar-refractivity contribution in [3.63, 3.8) is 0 Å². The zero-order valence-corrected chi connectivity index (χ0v) is 14.5. The molecule has 0 aliphatic rings. The average molecular weight is 370 g/mol. The van der Waals surface area contributed by atoms with Gasteiger partial charge in [0.2, 0.25) is 0 Å². The maximum atomic E-state index is 13.0. The highest BCUT2D eigenvalue weighted by atomic mass is 19.4. The SMILES string of the molecule is CC(O)(c1ccc(N=C(c2ccccc2)c2ccccc2)nc1)C(F)(F)F. The molecule has 1 N–H and O–H groups in total. The van der Waals surface area contributed by atoms with Crippen molar-refractivity contribution in [3.05, 3.63) is 95.7 Å². The standard InChI is InChI=1S/C21H17F3N2O/c1-20(27,21(22,23)24)17-12-13-18(25-14-17)26-19(15-8-4-2-5-9-15)16-10-6-3-7-11-16/h2-14,27H,1H3. The van der Waals surface area contributed by atoms with Crippen molar-refractivity contribution in [1.82, 2.24) is 4.98 Å². The Morgan fingerprint density at radius 1 is 0.852 bits per heavy atom. The summed E-state index contributed by atoms with van der Waals surface area (Å²) in [7, 11) is 0. The lowest BCUT2D eigenvalue weighted by Gasteiger charge is -2.26. The average Bonchev–Trinajstić information content (AvgIpc) is 2.67. The van der Waals surface area contributed by atoms with Crippen LogP contribution in [0.2, 0.25) is 0 Å². The number of hydrogen-bond donors (Lipinski definition) is 1. The third-order valence-corrected chi connectivity index (χ3v) is 4.18. The molecule has 0 radical (unpaired) electrons. The predicted molar refractivity (Wildman–Crippen MR) is 98.0 cm³/mol. The molecule has 0 aliphatic carbocycles. The first-order valence-electron chi connectivity index (χ1n) is 8.24. The minimum absolute atomic E-state index is 0.249. The molecule has 3 aromatic rings. The molecule has 1 heterocycles. The molecule has 1 aromatic heterocycles. The Kier molecular flexibility index (Phi) is 5.10. The van der Waals surface area contributed by atoms with Gasteiger partial charge in [0.1, 0.15) is 0 Å². The second-order valence-corrected chi connectivity index (χ2v) is 6.17. The monoisotopic (exact) mass is 370 g/mol. The summed E-state index contributed by atoms with van der Waals surface area (Å²) < 4.78 is 38.9. The summed E-state index contributed by atoms with van der Waals surface area (Å²) in [5.41, 5.74) is -0.938. The molecule has 6 heteroatoms. The molecule has 138 valence electrons. The van der Waals surface area contributed by atoms with Gasteiger partial charge in [-0.25, -0.2) is 9.98 Å². The summed E-state index contributed by atoms with van der Waals surface area (Å²) in [6, 6.07) is 21.4. The van der Waals surface area contributed by atoms with E-state index < -0.39 is 11.8 Å². The largest absolute Gasteiger partial charge is 0.421 e. The molecule has 1 unspecified atom stereocenters. The van der Waals surface area contributed by atoms with Gasteiger partial charge in [0, 0.05) is 22.9 Å². The highest BCUT2D eigenvalue weighted by Crippen LogP contribution is 2.38. The van der Waals surface area contributed by atoms with E-state index in [4.69, 9.17) is 0 Å². The van der Waals surface area contributed by atoms with Gasteiger partial charge in [-0.15, -0.1) is 0 Å². The van der Waals surface area contributed by atoms with E-state index >= 15 is 0 Å². The molecule has 0 saturated heterocycles. The van der Waals surface area contributed by atoms with Crippen LogP contribution in [0.3, 0.4) is 0 Å². The molecule has 0 amide bonds. The van der Waals surface area contributed by atoms with Crippen molar-refractivity contribution in [1.29, 1.82) is 0 Å². The fourth-order valence-electron chi connectivity index (χ4n) is 2.51. The van der Waals surface area contributed by atoms with E-state index in [0.29, 0.717) is 12.6 Å². The summed E-state index contributed by atoms with van der Waals surface area (Å²) in [6.07, 6.45) is -3.79. The van der Waals surface area contributed by atoms with Crippen LogP contribution < -0.4 is 0 Å². The van der Waals surface area contributed by atoms with E-state index in [9.17, 15) is 18.3 Å². The van der Waals surface area contributed by atoms with Gasteiger partial charge in [-0.1, -0.05) is 66.7 Å². The number of pyridine rings is 1. The van der Waals surface area contributed by atoms with Crippen LogP contribution in [-0.4, -0.2) is 22.0 Å². The fourth-order valence-corrected chi connectivity index (χ4v) is 2.51. The molecule has 0 aliphatic heterocycles. The van der Waals surface area contributed by atoms with Crippen molar-refractivity contribution in [3.8, 4) is 0 Å². The fraction of sp³-hybridized carbons (Fsp3) is 0.143. The second-order valence-electron chi connectivity index (χ2n) is 6.17. The Bertz CT molecular complexity index is 878. The summed E-state index contributed by atoms with van der Waals surface area (Å²) in [4.78, 5) is 8.53. The van der Waals surface area contributed by atoms with Crippen molar-refractivity contribution in [2.24, 2.45) is 4.99 Å². The Morgan fingerprint density at radius 2 is 1.37 bits per heavy atom. The molecule has 0 saturated carbocycles.